The summed E-state index contributed by atoms with van der Waals surface area (Å²) in [5.74, 6) is 2.26. The summed E-state index contributed by atoms with van der Waals surface area (Å²) in [6.07, 6.45) is 1.66. The van der Waals surface area contributed by atoms with Gasteiger partial charge >= 0.3 is 0 Å². The predicted molar refractivity (Wildman–Crippen MR) is 81.0 cm³/mol. The van der Waals surface area contributed by atoms with E-state index in [1.807, 2.05) is 12.1 Å². The van der Waals surface area contributed by atoms with Crippen LogP contribution >= 0.6 is 0 Å². The number of aliphatic hydroxyl groups is 1. The molecule has 118 valence electrons. The van der Waals surface area contributed by atoms with Crippen LogP contribution in [0, 0.1) is 0 Å². The van der Waals surface area contributed by atoms with Gasteiger partial charge < -0.3 is 24.6 Å². The van der Waals surface area contributed by atoms with Gasteiger partial charge in [0.05, 0.1) is 12.2 Å². The molecule has 0 saturated heterocycles. The molecule has 1 aromatic rings. The van der Waals surface area contributed by atoms with E-state index in [1.54, 1.807) is 13.8 Å². The van der Waals surface area contributed by atoms with Gasteiger partial charge in [-0.2, -0.15) is 0 Å². The normalized spacial score (nSPS) is 13.5. The topological polar surface area (TPSA) is 60.0 Å². The van der Waals surface area contributed by atoms with Crippen LogP contribution < -0.4 is 19.5 Å². The Labute approximate surface area is 126 Å². The molecule has 0 saturated carbocycles. The van der Waals surface area contributed by atoms with Crippen LogP contribution in [0.2, 0.25) is 0 Å². The molecule has 0 unspecified atom stereocenters. The van der Waals surface area contributed by atoms with Crippen LogP contribution in [-0.2, 0) is 6.54 Å². The van der Waals surface area contributed by atoms with E-state index in [9.17, 15) is 5.11 Å². The number of hydrogen-bond donors (Lipinski definition) is 2. The smallest absolute Gasteiger partial charge is 0.231 e. The Morgan fingerprint density at radius 3 is 2.67 bits per heavy atom. The Bertz CT molecular complexity index is 468. The Kier molecular flexibility index (Phi) is 5.31. The summed E-state index contributed by atoms with van der Waals surface area (Å²) in [5.41, 5.74) is 0.320. The van der Waals surface area contributed by atoms with Crippen molar-refractivity contribution in [3.05, 3.63) is 17.7 Å². The molecule has 21 heavy (non-hydrogen) atoms. The summed E-state index contributed by atoms with van der Waals surface area (Å²) in [7, 11) is 0. The van der Waals surface area contributed by atoms with Gasteiger partial charge in [-0.05, 0) is 32.9 Å². The molecule has 0 atom stereocenters. The van der Waals surface area contributed by atoms with Gasteiger partial charge in [-0.3, -0.25) is 0 Å². The van der Waals surface area contributed by atoms with Crippen molar-refractivity contribution in [3.63, 3.8) is 0 Å². The molecule has 1 aromatic carbocycles. The highest BCUT2D eigenvalue weighted by molar-refractivity contribution is 5.51. The number of benzene rings is 1. The first-order chi connectivity index (χ1) is 9.99. The molecule has 0 fully saturated rings. The van der Waals surface area contributed by atoms with Gasteiger partial charge in [0.2, 0.25) is 6.79 Å². The second-order valence-electron chi connectivity index (χ2n) is 5.90. The summed E-state index contributed by atoms with van der Waals surface area (Å²) in [6.45, 7) is 8.08. The quantitative estimate of drug-likeness (QED) is 0.721. The number of rotatable bonds is 8. The second kappa shape index (κ2) is 7.00. The molecule has 0 bridgehead atoms. The van der Waals surface area contributed by atoms with Crippen LogP contribution in [0.3, 0.4) is 0 Å². The molecule has 0 aromatic heterocycles. The van der Waals surface area contributed by atoms with Crippen LogP contribution in [0.25, 0.3) is 0 Å². The zero-order valence-corrected chi connectivity index (χ0v) is 13.1. The Balaban J connectivity index is 2.05. The molecule has 0 amide bonds. The Hall–Kier alpha value is -1.46. The number of ether oxygens (including phenoxy) is 3. The van der Waals surface area contributed by atoms with E-state index in [4.69, 9.17) is 14.2 Å². The molecule has 0 radical (unpaired) electrons. The molecule has 1 heterocycles. The van der Waals surface area contributed by atoms with E-state index in [0.29, 0.717) is 18.8 Å². The lowest BCUT2D eigenvalue weighted by Gasteiger charge is -2.18. The van der Waals surface area contributed by atoms with Crippen LogP contribution in [0.15, 0.2) is 12.1 Å². The van der Waals surface area contributed by atoms with E-state index in [0.717, 1.165) is 36.6 Å². The van der Waals surface area contributed by atoms with E-state index >= 15 is 0 Å². The monoisotopic (exact) mass is 295 g/mol. The highest BCUT2D eigenvalue weighted by Crippen LogP contribution is 2.38. The Morgan fingerprint density at radius 1 is 1.29 bits per heavy atom. The van der Waals surface area contributed by atoms with E-state index in [-0.39, 0.29) is 6.79 Å². The maximum Gasteiger partial charge on any atom is 0.231 e. The summed E-state index contributed by atoms with van der Waals surface area (Å²) in [4.78, 5) is 0. The van der Waals surface area contributed by atoms with Crippen molar-refractivity contribution < 1.29 is 19.3 Å². The van der Waals surface area contributed by atoms with Crippen molar-refractivity contribution in [3.8, 4) is 17.2 Å². The summed E-state index contributed by atoms with van der Waals surface area (Å²) in [6, 6.07) is 3.83. The van der Waals surface area contributed by atoms with Gasteiger partial charge in [0.25, 0.3) is 0 Å². The fourth-order valence-electron chi connectivity index (χ4n) is 2.05. The number of nitrogens with one attached hydrogen (secondary N) is 1. The maximum atomic E-state index is 9.76. The average Bonchev–Trinajstić information content (AvgIpc) is 2.84. The van der Waals surface area contributed by atoms with Gasteiger partial charge in [-0.15, -0.1) is 0 Å². The van der Waals surface area contributed by atoms with Crippen LogP contribution in [0.4, 0.5) is 0 Å². The molecule has 2 rings (SSSR count). The molecule has 5 nitrogen and oxygen atoms in total. The van der Waals surface area contributed by atoms with Crippen molar-refractivity contribution in [2.75, 3.05) is 19.9 Å². The average molecular weight is 295 g/mol. The maximum absolute atomic E-state index is 9.76. The van der Waals surface area contributed by atoms with E-state index < -0.39 is 5.60 Å². The van der Waals surface area contributed by atoms with Crippen molar-refractivity contribution >= 4 is 0 Å². The third-order valence-corrected chi connectivity index (χ3v) is 3.27. The lowest BCUT2D eigenvalue weighted by atomic mass is 10.1. The largest absolute Gasteiger partial charge is 0.493 e. The summed E-state index contributed by atoms with van der Waals surface area (Å²) < 4.78 is 16.6. The highest BCUT2D eigenvalue weighted by Gasteiger charge is 2.19. The van der Waals surface area contributed by atoms with Gasteiger partial charge in [0.1, 0.15) is 5.75 Å². The molecular formula is C16H25NO4. The molecule has 2 N–H and O–H groups in total. The molecule has 0 spiro atoms. The third-order valence-electron chi connectivity index (χ3n) is 3.27. The fraction of sp³-hybridized carbons (Fsp3) is 0.625. The van der Waals surface area contributed by atoms with Crippen molar-refractivity contribution in [1.29, 1.82) is 0 Å². The minimum atomic E-state index is -0.725. The first-order valence-corrected chi connectivity index (χ1v) is 7.48. The molecular weight excluding hydrogens is 270 g/mol. The van der Waals surface area contributed by atoms with Gasteiger partial charge in [0.15, 0.2) is 11.5 Å². The fourth-order valence-corrected chi connectivity index (χ4v) is 2.05. The zero-order valence-electron chi connectivity index (χ0n) is 13.1. The first kappa shape index (κ1) is 15.9. The molecule has 5 heteroatoms. The lowest BCUT2D eigenvalue weighted by molar-refractivity contribution is 0.0551. The van der Waals surface area contributed by atoms with Crippen LogP contribution in [-0.4, -0.2) is 30.7 Å². The zero-order chi connectivity index (χ0) is 15.3. The minimum Gasteiger partial charge on any atom is -0.493 e. The third kappa shape index (κ3) is 4.79. The SMILES string of the molecule is CCCNCc1cc2c(cc1OCCC(C)(C)O)OCO2. The lowest BCUT2D eigenvalue weighted by Crippen LogP contribution is -2.22. The highest BCUT2D eigenvalue weighted by atomic mass is 16.7. The molecule has 1 aliphatic heterocycles. The Morgan fingerprint density at radius 2 is 2.00 bits per heavy atom. The van der Waals surface area contributed by atoms with Crippen molar-refractivity contribution in [2.24, 2.45) is 0 Å². The summed E-state index contributed by atoms with van der Waals surface area (Å²) >= 11 is 0. The molecule has 0 aliphatic carbocycles. The van der Waals surface area contributed by atoms with Crippen molar-refractivity contribution in [2.45, 2.75) is 45.8 Å². The van der Waals surface area contributed by atoms with Crippen molar-refractivity contribution in [1.82, 2.24) is 5.32 Å². The first-order valence-electron chi connectivity index (χ1n) is 7.48. The van der Waals surface area contributed by atoms with Crippen LogP contribution in [0.1, 0.15) is 39.2 Å². The van der Waals surface area contributed by atoms with Gasteiger partial charge in [0, 0.05) is 24.6 Å². The number of hydrogen-bond acceptors (Lipinski definition) is 5. The standard InChI is InChI=1S/C16H25NO4/c1-4-6-17-10-12-8-14-15(21-11-20-14)9-13(12)19-7-5-16(2,3)18/h8-9,17-18H,4-7,10-11H2,1-3H3. The van der Waals surface area contributed by atoms with E-state index in [2.05, 4.69) is 12.2 Å². The van der Waals surface area contributed by atoms with Gasteiger partial charge in [-0.25, -0.2) is 0 Å². The summed E-state index contributed by atoms with van der Waals surface area (Å²) in [5, 5.41) is 13.1. The molecule has 1 aliphatic rings. The predicted octanol–water partition coefficient (Wildman–Crippen LogP) is 2.45. The minimum absolute atomic E-state index is 0.254. The second-order valence-corrected chi connectivity index (χ2v) is 5.90. The van der Waals surface area contributed by atoms with Gasteiger partial charge in [-0.1, -0.05) is 6.92 Å². The number of fused-ring (bicyclic) bond motifs is 1. The van der Waals surface area contributed by atoms with E-state index in [1.165, 1.54) is 0 Å². The van der Waals surface area contributed by atoms with Crippen LogP contribution in [0.5, 0.6) is 17.2 Å².